The third-order valence-electron chi connectivity index (χ3n) is 2.46. The van der Waals surface area contributed by atoms with Crippen molar-refractivity contribution >= 4 is 17.5 Å². The molecular formula is C11H12N6O3. The summed E-state index contributed by atoms with van der Waals surface area (Å²) in [6.07, 6.45) is 0. The number of hydrogen-bond acceptors (Lipinski definition) is 8. The summed E-state index contributed by atoms with van der Waals surface area (Å²) in [5.41, 5.74) is 8.46. The molecule has 0 spiro atoms. The Bertz CT molecular complexity index is 661. The fourth-order valence-corrected chi connectivity index (χ4v) is 1.49. The number of nitrogen functional groups attached to an aromatic ring is 2. The first-order valence-electron chi connectivity index (χ1n) is 5.53. The molecule has 0 aliphatic rings. The average Bonchev–Trinajstić information content (AvgIpc) is 2.40. The number of rotatable bonds is 4. The van der Waals surface area contributed by atoms with E-state index < -0.39 is 4.92 Å². The molecule has 0 aliphatic heterocycles. The van der Waals surface area contributed by atoms with Crippen molar-refractivity contribution in [1.82, 2.24) is 9.97 Å². The van der Waals surface area contributed by atoms with Crippen molar-refractivity contribution in [3.8, 4) is 11.6 Å². The predicted octanol–water partition coefficient (Wildman–Crippen LogP) is 1.35. The highest BCUT2D eigenvalue weighted by Gasteiger charge is 2.12. The van der Waals surface area contributed by atoms with Crippen molar-refractivity contribution in [2.75, 3.05) is 11.2 Å². The van der Waals surface area contributed by atoms with Crippen molar-refractivity contribution < 1.29 is 9.66 Å². The lowest BCUT2D eigenvalue weighted by Gasteiger charge is -2.09. The number of hydrogen-bond donors (Lipinski definition) is 3. The van der Waals surface area contributed by atoms with Gasteiger partial charge in [0.1, 0.15) is 11.6 Å². The van der Waals surface area contributed by atoms with Crippen molar-refractivity contribution in [3.63, 3.8) is 0 Å². The van der Waals surface area contributed by atoms with Gasteiger partial charge in [-0.1, -0.05) is 0 Å². The maximum absolute atomic E-state index is 10.7. The van der Waals surface area contributed by atoms with Gasteiger partial charge >= 0.3 is 0 Å². The monoisotopic (exact) mass is 276 g/mol. The minimum absolute atomic E-state index is 0.0291. The molecule has 2 rings (SSSR count). The molecule has 0 aliphatic carbocycles. The van der Waals surface area contributed by atoms with E-state index in [0.717, 1.165) is 5.56 Å². The van der Waals surface area contributed by atoms with E-state index in [2.05, 4.69) is 15.4 Å². The van der Waals surface area contributed by atoms with Crippen LogP contribution in [0.25, 0.3) is 0 Å². The molecule has 0 bridgehead atoms. The Balaban J connectivity index is 2.36. The number of aromatic nitrogens is 2. The first kappa shape index (κ1) is 13.5. The number of ether oxygens (including phenoxy) is 1. The zero-order valence-electron chi connectivity index (χ0n) is 10.5. The highest BCUT2D eigenvalue weighted by Crippen LogP contribution is 2.28. The van der Waals surface area contributed by atoms with Gasteiger partial charge in [-0.25, -0.2) is 5.84 Å². The van der Waals surface area contributed by atoms with Gasteiger partial charge in [0.2, 0.25) is 11.8 Å². The number of nitrogens with two attached hydrogens (primary N) is 2. The molecule has 0 radical (unpaired) electrons. The maximum Gasteiger partial charge on any atom is 0.273 e. The van der Waals surface area contributed by atoms with Gasteiger partial charge in [-0.05, 0) is 18.6 Å². The normalized spacial score (nSPS) is 10.1. The van der Waals surface area contributed by atoms with Crippen LogP contribution < -0.4 is 21.7 Å². The minimum Gasteiger partial charge on any atom is -0.438 e. The number of nitro groups is 1. The van der Waals surface area contributed by atoms with Gasteiger partial charge in [0.25, 0.3) is 5.69 Å². The number of hydrazine groups is 1. The topological polar surface area (TPSA) is 142 Å². The smallest absolute Gasteiger partial charge is 0.273 e. The second-order valence-electron chi connectivity index (χ2n) is 3.90. The molecule has 0 atom stereocenters. The fourth-order valence-electron chi connectivity index (χ4n) is 1.49. The molecule has 0 amide bonds. The summed E-state index contributed by atoms with van der Waals surface area (Å²) in [5, 5.41) is 10.7. The lowest BCUT2D eigenvalue weighted by molar-refractivity contribution is -0.384. The van der Waals surface area contributed by atoms with Gasteiger partial charge in [0, 0.05) is 12.1 Å². The second kappa shape index (κ2) is 5.36. The van der Waals surface area contributed by atoms with Gasteiger partial charge < -0.3 is 15.9 Å². The SMILES string of the molecule is Cc1ccc([N+](=O)[O-])cc1Oc1cc(NN)nc(N)n1. The van der Waals surface area contributed by atoms with E-state index in [-0.39, 0.29) is 23.3 Å². The van der Waals surface area contributed by atoms with Gasteiger partial charge in [0.15, 0.2) is 0 Å². The second-order valence-corrected chi connectivity index (χ2v) is 3.90. The molecule has 5 N–H and O–H groups in total. The number of nitro benzene ring substituents is 1. The summed E-state index contributed by atoms with van der Waals surface area (Å²) >= 11 is 0. The Morgan fingerprint density at radius 1 is 1.35 bits per heavy atom. The summed E-state index contributed by atoms with van der Waals surface area (Å²) in [4.78, 5) is 17.9. The number of nitrogens with one attached hydrogen (secondary N) is 1. The Morgan fingerprint density at radius 2 is 2.10 bits per heavy atom. The Labute approximate surface area is 113 Å². The van der Waals surface area contributed by atoms with Crippen molar-refractivity contribution in [1.29, 1.82) is 0 Å². The molecule has 9 nitrogen and oxygen atoms in total. The Hall–Kier alpha value is -2.94. The van der Waals surface area contributed by atoms with Crippen molar-refractivity contribution in [2.45, 2.75) is 6.92 Å². The highest BCUT2D eigenvalue weighted by atomic mass is 16.6. The van der Waals surface area contributed by atoms with Gasteiger partial charge in [-0.3, -0.25) is 10.1 Å². The number of nitrogens with zero attached hydrogens (tertiary/aromatic N) is 3. The van der Waals surface area contributed by atoms with E-state index in [1.807, 2.05) is 0 Å². The molecule has 2 aromatic rings. The van der Waals surface area contributed by atoms with Crippen LogP contribution in [0.3, 0.4) is 0 Å². The molecule has 0 saturated carbocycles. The summed E-state index contributed by atoms with van der Waals surface area (Å²) in [6.45, 7) is 1.76. The molecule has 20 heavy (non-hydrogen) atoms. The summed E-state index contributed by atoms with van der Waals surface area (Å²) < 4.78 is 5.49. The molecule has 0 saturated heterocycles. The molecule has 104 valence electrons. The van der Waals surface area contributed by atoms with Crippen LogP contribution in [-0.4, -0.2) is 14.9 Å². The zero-order valence-corrected chi connectivity index (χ0v) is 10.5. The minimum atomic E-state index is -0.506. The molecule has 9 heteroatoms. The summed E-state index contributed by atoms with van der Waals surface area (Å²) in [5.74, 6) is 5.92. The van der Waals surface area contributed by atoms with Crippen molar-refractivity contribution in [2.24, 2.45) is 5.84 Å². The van der Waals surface area contributed by atoms with E-state index in [4.69, 9.17) is 16.3 Å². The number of benzene rings is 1. The third kappa shape index (κ3) is 2.90. The lowest BCUT2D eigenvalue weighted by atomic mass is 10.2. The average molecular weight is 276 g/mol. The largest absolute Gasteiger partial charge is 0.438 e. The Morgan fingerprint density at radius 3 is 2.75 bits per heavy atom. The molecule has 1 aromatic carbocycles. The lowest BCUT2D eigenvalue weighted by Crippen LogP contribution is -2.10. The molecule has 1 heterocycles. The molecular weight excluding hydrogens is 264 g/mol. The summed E-state index contributed by atoms with van der Waals surface area (Å²) in [7, 11) is 0. The Kier molecular flexibility index (Phi) is 3.62. The first-order chi connectivity index (χ1) is 9.49. The van der Waals surface area contributed by atoms with E-state index in [9.17, 15) is 10.1 Å². The highest BCUT2D eigenvalue weighted by molar-refractivity contribution is 5.47. The van der Waals surface area contributed by atoms with Gasteiger partial charge in [-0.2, -0.15) is 9.97 Å². The van der Waals surface area contributed by atoms with E-state index in [1.165, 1.54) is 18.2 Å². The van der Waals surface area contributed by atoms with Crippen LogP contribution in [0.15, 0.2) is 24.3 Å². The predicted molar refractivity (Wildman–Crippen MR) is 72.2 cm³/mol. The molecule has 0 fully saturated rings. The van der Waals surface area contributed by atoms with Crippen LogP contribution in [0.1, 0.15) is 5.56 Å². The van der Waals surface area contributed by atoms with Crippen LogP contribution >= 0.6 is 0 Å². The zero-order chi connectivity index (χ0) is 14.7. The maximum atomic E-state index is 10.7. The van der Waals surface area contributed by atoms with E-state index >= 15 is 0 Å². The number of non-ortho nitro benzene ring substituents is 1. The fraction of sp³-hybridized carbons (Fsp3) is 0.0909. The van der Waals surface area contributed by atoms with Crippen LogP contribution in [-0.2, 0) is 0 Å². The van der Waals surface area contributed by atoms with Crippen LogP contribution in [0, 0.1) is 17.0 Å². The van der Waals surface area contributed by atoms with Crippen LogP contribution in [0.2, 0.25) is 0 Å². The number of anilines is 2. The number of aryl methyl sites for hydroxylation is 1. The van der Waals surface area contributed by atoms with Gasteiger partial charge in [-0.15, -0.1) is 0 Å². The molecule has 0 unspecified atom stereocenters. The van der Waals surface area contributed by atoms with Crippen LogP contribution in [0.5, 0.6) is 11.6 Å². The standard InChI is InChI=1S/C11H12N6O3/c1-6-2-3-7(17(18)19)4-8(6)20-10-5-9(16-13)14-11(12)15-10/h2-5H,13H2,1H3,(H3,12,14,15,16). The molecule has 1 aromatic heterocycles. The first-order valence-corrected chi connectivity index (χ1v) is 5.53. The van der Waals surface area contributed by atoms with Crippen molar-refractivity contribution in [3.05, 3.63) is 39.9 Å². The van der Waals surface area contributed by atoms with E-state index in [1.54, 1.807) is 13.0 Å². The quantitative estimate of drug-likeness (QED) is 0.431. The summed E-state index contributed by atoms with van der Waals surface area (Å²) in [6, 6.07) is 5.71. The van der Waals surface area contributed by atoms with Gasteiger partial charge in [0.05, 0.1) is 11.0 Å². The van der Waals surface area contributed by atoms with Crippen LogP contribution in [0.4, 0.5) is 17.5 Å². The van der Waals surface area contributed by atoms with E-state index in [0.29, 0.717) is 5.75 Å². The third-order valence-corrected chi connectivity index (χ3v) is 2.46.